The number of amides is 1. The molecule has 0 unspecified atom stereocenters. The van der Waals surface area contributed by atoms with Crippen LogP contribution in [0.15, 0.2) is 51.7 Å². The van der Waals surface area contributed by atoms with Crippen molar-refractivity contribution >= 4 is 30.5 Å². The smallest absolute Gasteiger partial charge is 0.417 e. The van der Waals surface area contributed by atoms with Crippen LogP contribution in [0.2, 0.25) is 0 Å². The molecule has 0 saturated carbocycles. The van der Waals surface area contributed by atoms with E-state index < -0.39 is 5.76 Å². The highest BCUT2D eigenvalue weighted by molar-refractivity contribution is 7.59. The maximum atomic E-state index is 12.7. The van der Waals surface area contributed by atoms with E-state index in [-0.39, 0.29) is 37.6 Å². The van der Waals surface area contributed by atoms with Crippen LogP contribution in [0, 0.1) is 0 Å². The zero-order valence-corrected chi connectivity index (χ0v) is 17.0. The number of aromatic nitrogens is 1. The highest BCUT2D eigenvalue weighted by Gasteiger charge is 2.21. The number of aromatic hydroxyl groups is 1. The van der Waals surface area contributed by atoms with Crippen molar-refractivity contribution in [2.24, 2.45) is 0 Å². The number of aromatic amines is 1. The average Bonchev–Trinajstić information content (AvgIpc) is 3.29. The van der Waals surface area contributed by atoms with Gasteiger partial charge in [-0.1, -0.05) is 18.2 Å². The molecule has 2 heterocycles. The van der Waals surface area contributed by atoms with Gasteiger partial charge in [0.15, 0.2) is 5.58 Å². The van der Waals surface area contributed by atoms with Gasteiger partial charge in [-0.25, -0.2) is 4.79 Å². The zero-order valence-electron chi connectivity index (χ0n) is 16.0. The van der Waals surface area contributed by atoms with Crippen molar-refractivity contribution in [3.05, 3.63) is 64.1 Å². The van der Waals surface area contributed by atoms with Crippen LogP contribution in [0.3, 0.4) is 0 Å². The molecule has 1 amide bonds. The first-order chi connectivity index (χ1) is 13.6. The van der Waals surface area contributed by atoms with E-state index in [1.54, 1.807) is 36.4 Å². The van der Waals surface area contributed by atoms with E-state index in [0.29, 0.717) is 17.6 Å². The number of nitrogens with one attached hydrogen (secondary N) is 2. The maximum Gasteiger partial charge on any atom is 0.417 e. The van der Waals surface area contributed by atoms with E-state index in [0.717, 1.165) is 24.2 Å². The Kier molecular flexibility index (Phi) is 6.66. The fourth-order valence-electron chi connectivity index (χ4n) is 3.74. The minimum Gasteiger partial charge on any atom is -0.508 e. The molecule has 1 aliphatic heterocycles. The van der Waals surface area contributed by atoms with Gasteiger partial charge in [0.25, 0.3) is 0 Å². The number of benzene rings is 2. The van der Waals surface area contributed by atoms with E-state index in [1.165, 1.54) is 12.8 Å². The average molecular weight is 416 g/mol. The predicted molar refractivity (Wildman–Crippen MR) is 116 cm³/mol. The van der Waals surface area contributed by atoms with Crippen LogP contribution in [0.1, 0.15) is 30.0 Å². The number of likely N-dealkylation sites (tertiary alicyclic amines) is 1. The van der Waals surface area contributed by atoms with Gasteiger partial charge in [-0.05, 0) is 61.3 Å². The molecule has 0 bridgehead atoms. The summed E-state index contributed by atoms with van der Waals surface area (Å²) < 4.78 is 4.99. The summed E-state index contributed by atoms with van der Waals surface area (Å²) in [6.45, 7) is 2.76. The molecule has 8 heteroatoms. The van der Waals surface area contributed by atoms with Crippen LogP contribution in [0.25, 0.3) is 11.1 Å². The van der Waals surface area contributed by atoms with Gasteiger partial charge in [0.2, 0.25) is 5.91 Å². The lowest BCUT2D eigenvalue weighted by Gasteiger charge is -2.25. The van der Waals surface area contributed by atoms with Crippen molar-refractivity contribution in [2.75, 3.05) is 19.6 Å². The molecule has 1 saturated heterocycles. The van der Waals surface area contributed by atoms with Crippen molar-refractivity contribution in [2.45, 2.75) is 25.3 Å². The van der Waals surface area contributed by atoms with Gasteiger partial charge in [-0.2, -0.15) is 13.5 Å². The van der Waals surface area contributed by atoms with E-state index in [1.807, 2.05) is 6.07 Å². The van der Waals surface area contributed by atoms with Gasteiger partial charge in [0.05, 0.1) is 18.0 Å². The van der Waals surface area contributed by atoms with E-state index >= 15 is 0 Å². The summed E-state index contributed by atoms with van der Waals surface area (Å²) in [6, 6.07) is 12.1. The van der Waals surface area contributed by atoms with E-state index in [2.05, 4.69) is 15.2 Å². The topological polar surface area (TPSA) is 98.6 Å². The zero-order chi connectivity index (χ0) is 19.5. The molecule has 0 aliphatic carbocycles. The van der Waals surface area contributed by atoms with Crippen LogP contribution < -0.4 is 11.1 Å². The molecule has 0 spiro atoms. The number of rotatable bonds is 6. The Morgan fingerprint density at radius 2 is 2.00 bits per heavy atom. The number of hydrogen-bond acceptors (Lipinski definition) is 5. The first-order valence-corrected chi connectivity index (χ1v) is 9.49. The Labute approximate surface area is 175 Å². The van der Waals surface area contributed by atoms with Crippen LogP contribution in [-0.4, -0.2) is 40.5 Å². The van der Waals surface area contributed by atoms with E-state index in [4.69, 9.17) is 4.42 Å². The van der Waals surface area contributed by atoms with Crippen LogP contribution in [0.4, 0.5) is 0 Å². The Hall–Kier alpha value is -2.71. The first-order valence-electron chi connectivity index (χ1n) is 9.49. The second kappa shape index (κ2) is 9.19. The van der Waals surface area contributed by atoms with E-state index in [9.17, 15) is 14.7 Å². The molecule has 1 aromatic heterocycles. The monoisotopic (exact) mass is 415 g/mol. The van der Waals surface area contributed by atoms with Crippen LogP contribution >= 0.6 is 13.5 Å². The number of phenolic OH excluding ortho intramolecular Hbond substituents is 1. The summed E-state index contributed by atoms with van der Waals surface area (Å²) in [4.78, 5) is 28.9. The Morgan fingerprint density at radius 1 is 1.21 bits per heavy atom. The molecule has 1 atom stereocenters. The Morgan fingerprint density at radius 3 is 2.76 bits per heavy atom. The third-order valence-corrected chi connectivity index (χ3v) is 5.10. The highest BCUT2D eigenvalue weighted by Crippen LogP contribution is 2.22. The van der Waals surface area contributed by atoms with Gasteiger partial charge in [0, 0.05) is 6.54 Å². The molecule has 3 N–H and O–H groups in total. The molecular weight excluding hydrogens is 390 g/mol. The molecule has 1 aliphatic rings. The fourth-order valence-corrected chi connectivity index (χ4v) is 3.74. The number of carbonyl (C=O) groups excluding carboxylic acids is 1. The van der Waals surface area contributed by atoms with Crippen LogP contribution in [-0.2, 0) is 11.2 Å². The summed E-state index contributed by atoms with van der Waals surface area (Å²) in [5, 5.41) is 12.9. The number of phenols is 1. The summed E-state index contributed by atoms with van der Waals surface area (Å²) in [5.74, 6) is -0.434. The quantitative estimate of drug-likeness (QED) is 0.574. The second-order valence-electron chi connectivity index (χ2n) is 7.24. The van der Waals surface area contributed by atoms with Gasteiger partial charge >= 0.3 is 5.76 Å². The largest absolute Gasteiger partial charge is 0.508 e. The standard InChI is InChI=1S/C21H23N3O4.H2S/c25-16-5-3-4-15(12-16)18(13-24-8-1-2-9-24)22-20(26)11-14-6-7-19-17(10-14)23-21(27)28-19;/h3-7,10,12,18,25H,1-2,8-9,11,13H2,(H,22,26)(H,23,27);1H2/t18-;/m1./s1. The summed E-state index contributed by atoms with van der Waals surface area (Å²) in [5.41, 5.74) is 2.73. The molecular formula is C21H25N3O4S. The molecule has 154 valence electrons. The third-order valence-electron chi connectivity index (χ3n) is 5.10. The molecule has 1 fully saturated rings. The maximum absolute atomic E-state index is 12.7. The Bertz CT molecular complexity index is 1040. The summed E-state index contributed by atoms with van der Waals surface area (Å²) in [6.07, 6.45) is 2.53. The number of H-pyrrole nitrogens is 1. The van der Waals surface area contributed by atoms with Crippen molar-refractivity contribution in [3.8, 4) is 5.75 Å². The van der Waals surface area contributed by atoms with Crippen molar-refractivity contribution in [1.29, 1.82) is 0 Å². The molecule has 7 nitrogen and oxygen atoms in total. The number of carbonyl (C=O) groups is 1. The fraction of sp³-hybridized carbons (Fsp3) is 0.333. The molecule has 2 aromatic carbocycles. The van der Waals surface area contributed by atoms with Gasteiger partial charge in [0.1, 0.15) is 5.75 Å². The normalized spacial score (nSPS) is 15.2. The molecule has 29 heavy (non-hydrogen) atoms. The molecule has 4 rings (SSSR count). The van der Waals surface area contributed by atoms with Crippen molar-refractivity contribution in [3.63, 3.8) is 0 Å². The highest BCUT2D eigenvalue weighted by atomic mass is 32.1. The number of oxazole rings is 1. The lowest BCUT2D eigenvalue weighted by Crippen LogP contribution is -2.37. The van der Waals surface area contributed by atoms with Gasteiger partial charge < -0.3 is 19.7 Å². The van der Waals surface area contributed by atoms with Crippen molar-refractivity contribution < 1.29 is 14.3 Å². The van der Waals surface area contributed by atoms with Gasteiger partial charge in [-0.3, -0.25) is 9.78 Å². The Balaban J connectivity index is 0.00000240. The first kappa shape index (κ1) is 21.0. The minimum atomic E-state index is -0.508. The summed E-state index contributed by atoms with van der Waals surface area (Å²) in [7, 11) is 0. The SMILES string of the molecule is O=C(Cc1ccc2oc(=O)[nH]c2c1)N[C@H](CN1CCCC1)c1cccc(O)c1.S. The number of nitrogens with zero attached hydrogens (tertiary/aromatic N) is 1. The number of hydrogen-bond donors (Lipinski definition) is 3. The third kappa shape index (κ3) is 5.21. The minimum absolute atomic E-state index is 0. The lowest BCUT2D eigenvalue weighted by molar-refractivity contribution is -0.121. The van der Waals surface area contributed by atoms with Crippen molar-refractivity contribution in [1.82, 2.24) is 15.2 Å². The summed E-state index contributed by atoms with van der Waals surface area (Å²) >= 11 is 0. The van der Waals surface area contributed by atoms with Gasteiger partial charge in [-0.15, -0.1) is 0 Å². The number of fused-ring (bicyclic) bond motifs is 1. The van der Waals surface area contributed by atoms with Crippen LogP contribution in [0.5, 0.6) is 5.75 Å². The second-order valence-corrected chi connectivity index (χ2v) is 7.24. The lowest BCUT2D eigenvalue weighted by atomic mass is 10.0. The molecule has 3 aromatic rings. The molecule has 0 radical (unpaired) electrons. The predicted octanol–water partition coefficient (Wildman–Crippen LogP) is 2.44.